The van der Waals surface area contributed by atoms with E-state index in [4.69, 9.17) is 0 Å². The van der Waals surface area contributed by atoms with E-state index in [1.807, 2.05) is 19.1 Å². The highest BCUT2D eigenvalue weighted by atomic mass is 19.3. The Balaban J connectivity index is 1.70. The molecule has 0 spiro atoms. The lowest BCUT2D eigenvalue weighted by molar-refractivity contribution is 0.146. The van der Waals surface area contributed by atoms with Crippen LogP contribution < -0.4 is 15.5 Å². The number of alkyl halides is 2. The largest absolute Gasteiger partial charge is 0.378 e. The van der Waals surface area contributed by atoms with E-state index in [1.165, 1.54) is 6.07 Å². The molecule has 158 valence electrons. The molecule has 0 aliphatic carbocycles. The van der Waals surface area contributed by atoms with E-state index in [9.17, 15) is 13.2 Å². The highest BCUT2D eigenvalue weighted by Gasteiger charge is 2.20. The standard InChI is InChI=1S/C23H25F3N4/c1-14-12-21(29-15(2)17-4-3-5-18(22(17)24)23(25)26)19-13-16(6-7-20(19)28-14)30-10-8-27-9-11-30/h3-7,12-13,15,23,27H,8-11H2,1-2H3,(H,28,29)/t15-/m1/s1. The van der Waals surface area contributed by atoms with Crippen molar-refractivity contribution < 1.29 is 13.2 Å². The first-order valence-corrected chi connectivity index (χ1v) is 10.1. The molecule has 1 fully saturated rings. The van der Waals surface area contributed by atoms with E-state index in [2.05, 4.69) is 32.7 Å². The van der Waals surface area contributed by atoms with Gasteiger partial charge in [0.25, 0.3) is 6.43 Å². The molecule has 2 aromatic carbocycles. The van der Waals surface area contributed by atoms with Crippen molar-refractivity contribution in [2.75, 3.05) is 36.4 Å². The fourth-order valence-electron chi connectivity index (χ4n) is 3.97. The zero-order valence-electron chi connectivity index (χ0n) is 17.1. The van der Waals surface area contributed by atoms with E-state index in [1.54, 1.807) is 13.0 Å². The number of aryl methyl sites for hydroxylation is 1. The van der Waals surface area contributed by atoms with E-state index in [0.29, 0.717) is 0 Å². The number of rotatable bonds is 5. The van der Waals surface area contributed by atoms with Gasteiger partial charge in [0.05, 0.1) is 17.1 Å². The third-order valence-corrected chi connectivity index (χ3v) is 5.53. The Labute approximate surface area is 174 Å². The lowest BCUT2D eigenvalue weighted by Gasteiger charge is -2.30. The van der Waals surface area contributed by atoms with Crippen molar-refractivity contribution in [1.82, 2.24) is 10.3 Å². The average Bonchev–Trinajstić information content (AvgIpc) is 2.74. The first-order valence-electron chi connectivity index (χ1n) is 10.1. The van der Waals surface area contributed by atoms with Gasteiger partial charge in [-0.2, -0.15) is 0 Å². The topological polar surface area (TPSA) is 40.2 Å². The van der Waals surface area contributed by atoms with Crippen LogP contribution in [0.15, 0.2) is 42.5 Å². The van der Waals surface area contributed by atoms with Crippen molar-refractivity contribution in [3.05, 3.63) is 65.1 Å². The number of nitrogens with zero attached hydrogens (tertiary/aromatic N) is 2. The van der Waals surface area contributed by atoms with Gasteiger partial charge < -0.3 is 15.5 Å². The summed E-state index contributed by atoms with van der Waals surface area (Å²) >= 11 is 0. The Morgan fingerprint density at radius 3 is 2.53 bits per heavy atom. The molecule has 7 heteroatoms. The summed E-state index contributed by atoms with van der Waals surface area (Å²) in [7, 11) is 0. The molecule has 30 heavy (non-hydrogen) atoms. The zero-order chi connectivity index (χ0) is 21.3. The zero-order valence-corrected chi connectivity index (χ0v) is 17.1. The van der Waals surface area contributed by atoms with Crippen molar-refractivity contribution in [3.8, 4) is 0 Å². The minimum Gasteiger partial charge on any atom is -0.378 e. The van der Waals surface area contributed by atoms with E-state index >= 15 is 0 Å². The van der Waals surface area contributed by atoms with Crippen LogP contribution in [0.3, 0.4) is 0 Å². The molecule has 1 aromatic heterocycles. The molecule has 0 unspecified atom stereocenters. The van der Waals surface area contributed by atoms with Crippen LogP contribution in [0.1, 0.15) is 36.2 Å². The molecule has 2 heterocycles. The molecule has 0 amide bonds. The SMILES string of the molecule is Cc1cc(N[C@H](C)c2cccc(C(F)F)c2F)c2cc(N3CCNCC3)ccc2n1. The Morgan fingerprint density at radius 1 is 1.07 bits per heavy atom. The molecule has 3 aromatic rings. The minimum absolute atomic E-state index is 0.216. The Bertz CT molecular complexity index is 1050. The van der Waals surface area contributed by atoms with Gasteiger partial charge in [-0.3, -0.25) is 4.98 Å². The van der Waals surface area contributed by atoms with Gasteiger partial charge in [-0.05, 0) is 38.1 Å². The molecular formula is C23H25F3N4. The van der Waals surface area contributed by atoms with Crippen molar-refractivity contribution in [3.63, 3.8) is 0 Å². The average molecular weight is 414 g/mol. The normalized spacial score (nSPS) is 15.6. The molecule has 1 atom stereocenters. The quantitative estimate of drug-likeness (QED) is 0.602. The van der Waals surface area contributed by atoms with Crippen molar-refractivity contribution in [2.24, 2.45) is 0 Å². The van der Waals surface area contributed by atoms with Crippen molar-refractivity contribution in [1.29, 1.82) is 0 Å². The van der Waals surface area contributed by atoms with Crippen molar-refractivity contribution >= 4 is 22.3 Å². The number of hydrogen-bond donors (Lipinski definition) is 2. The number of benzene rings is 2. The summed E-state index contributed by atoms with van der Waals surface area (Å²) in [5.41, 5.74) is 3.23. The van der Waals surface area contributed by atoms with Crippen LogP contribution in [0, 0.1) is 12.7 Å². The number of anilines is 2. The monoisotopic (exact) mass is 414 g/mol. The number of halogens is 3. The third kappa shape index (κ3) is 4.07. The molecule has 2 N–H and O–H groups in total. The van der Waals surface area contributed by atoms with Gasteiger partial charge in [0.15, 0.2) is 0 Å². The van der Waals surface area contributed by atoms with Gasteiger partial charge in [0.1, 0.15) is 5.82 Å². The smallest absolute Gasteiger partial charge is 0.266 e. The number of hydrogen-bond acceptors (Lipinski definition) is 4. The number of aromatic nitrogens is 1. The second-order valence-corrected chi connectivity index (χ2v) is 7.67. The van der Waals surface area contributed by atoms with Gasteiger partial charge in [0.2, 0.25) is 0 Å². The van der Waals surface area contributed by atoms with Crippen LogP contribution in [-0.4, -0.2) is 31.2 Å². The van der Waals surface area contributed by atoms with Gasteiger partial charge in [-0.1, -0.05) is 18.2 Å². The molecule has 1 aliphatic heterocycles. The molecule has 1 saturated heterocycles. The third-order valence-electron chi connectivity index (χ3n) is 5.53. The van der Waals surface area contributed by atoms with Crippen molar-refractivity contribution in [2.45, 2.75) is 26.3 Å². The molecule has 0 saturated carbocycles. The summed E-state index contributed by atoms with van der Waals surface area (Å²) < 4.78 is 40.8. The van der Waals surface area contributed by atoms with Crippen LogP contribution in [0.5, 0.6) is 0 Å². The summed E-state index contributed by atoms with van der Waals surface area (Å²) in [6, 6.07) is 11.7. The van der Waals surface area contributed by atoms with Crippen LogP contribution >= 0.6 is 0 Å². The molecule has 1 aliphatic rings. The molecule has 4 rings (SSSR count). The summed E-state index contributed by atoms with van der Waals surface area (Å²) in [5.74, 6) is -0.857. The highest BCUT2D eigenvalue weighted by molar-refractivity contribution is 5.94. The summed E-state index contributed by atoms with van der Waals surface area (Å²) in [6.45, 7) is 7.40. The fourth-order valence-corrected chi connectivity index (χ4v) is 3.97. The summed E-state index contributed by atoms with van der Waals surface area (Å²) in [5, 5.41) is 7.60. The van der Waals surface area contributed by atoms with Crippen LogP contribution in [0.2, 0.25) is 0 Å². The molecule has 0 radical (unpaired) electrons. The maximum atomic E-state index is 14.6. The van der Waals surface area contributed by atoms with Gasteiger partial charge >= 0.3 is 0 Å². The predicted octanol–water partition coefficient (Wildman–Crippen LogP) is 5.20. The lowest BCUT2D eigenvalue weighted by Crippen LogP contribution is -2.43. The Hall–Kier alpha value is -2.80. The van der Waals surface area contributed by atoms with Crippen LogP contribution in [0.4, 0.5) is 24.5 Å². The van der Waals surface area contributed by atoms with Gasteiger partial charge in [-0.25, -0.2) is 13.2 Å². The van der Waals surface area contributed by atoms with E-state index < -0.39 is 23.8 Å². The van der Waals surface area contributed by atoms with Gasteiger partial charge in [0, 0.05) is 54.2 Å². The first-order chi connectivity index (χ1) is 14.4. The minimum atomic E-state index is -2.84. The molecular weight excluding hydrogens is 389 g/mol. The first kappa shape index (κ1) is 20.5. The second-order valence-electron chi connectivity index (χ2n) is 7.67. The highest BCUT2D eigenvalue weighted by Crippen LogP contribution is 2.33. The summed E-state index contributed by atoms with van der Waals surface area (Å²) in [6.07, 6.45) is -2.84. The number of fused-ring (bicyclic) bond motifs is 1. The Kier molecular flexibility index (Phi) is 5.81. The number of pyridine rings is 1. The Morgan fingerprint density at radius 2 is 1.80 bits per heavy atom. The predicted molar refractivity (Wildman–Crippen MR) is 115 cm³/mol. The molecule has 4 nitrogen and oxygen atoms in total. The van der Waals surface area contributed by atoms with E-state index in [0.717, 1.165) is 60.2 Å². The summed E-state index contributed by atoms with van der Waals surface area (Å²) in [4.78, 5) is 6.93. The maximum absolute atomic E-state index is 14.6. The van der Waals surface area contributed by atoms with Crippen LogP contribution in [-0.2, 0) is 0 Å². The van der Waals surface area contributed by atoms with Gasteiger partial charge in [-0.15, -0.1) is 0 Å². The number of piperazine rings is 1. The molecule has 0 bridgehead atoms. The lowest BCUT2D eigenvalue weighted by atomic mass is 10.0. The fraction of sp³-hybridized carbons (Fsp3) is 0.348. The van der Waals surface area contributed by atoms with E-state index in [-0.39, 0.29) is 5.56 Å². The number of nitrogens with one attached hydrogen (secondary N) is 2. The maximum Gasteiger partial charge on any atom is 0.266 e. The second kappa shape index (κ2) is 8.52. The van der Waals surface area contributed by atoms with Crippen LogP contribution in [0.25, 0.3) is 10.9 Å².